The zero-order chi connectivity index (χ0) is 25.9. The van der Waals surface area contributed by atoms with Crippen LogP contribution in [0.25, 0.3) is 0 Å². The second-order valence-electron chi connectivity index (χ2n) is 9.12. The molecular weight excluding hydrogens is 473 g/mol. The first-order chi connectivity index (χ1) is 17.9. The molecule has 8 heteroatoms. The molecule has 0 spiro atoms. The Bertz CT molecular complexity index is 1300. The van der Waals surface area contributed by atoms with E-state index < -0.39 is 6.04 Å². The van der Waals surface area contributed by atoms with Gasteiger partial charge in [0.1, 0.15) is 11.6 Å². The SMILES string of the molecule is CCOc1cccc(N2C(=O)CC(N3CCN(c4ccc(C(=O)c5ccc(F)cc5)cc4)CC3)C2=O)c1. The molecule has 2 fully saturated rings. The minimum atomic E-state index is -0.471. The third kappa shape index (κ3) is 5.11. The summed E-state index contributed by atoms with van der Waals surface area (Å²) in [6.45, 7) is 5.08. The van der Waals surface area contributed by atoms with E-state index in [0.29, 0.717) is 55.3 Å². The van der Waals surface area contributed by atoms with Gasteiger partial charge in [-0.15, -0.1) is 0 Å². The third-order valence-corrected chi connectivity index (χ3v) is 6.87. The van der Waals surface area contributed by atoms with Crippen molar-refractivity contribution in [1.82, 2.24) is 4.90 Å². The average molecular weight is 502 g/mol. The summed E-state index contributed by atoms with van der Waals surface area (Å²) in [5.41, 5.74) is 2.51. The lowest BCUT2D eigenvalue weighted by molar-refractivity contribution is -0.123. The first kappa shape index (κ1) is 24.6. The molecule has 2 heterocycles. The minimum Gasteiger partial charge on any atom is -0.494 e. The van der Waals surface area contributed by atoms with Gasteiger partial charge in [0.15, 0.2) is 5.78 Å². The van der Waals surface area contributed by atoms with Crippen molar-refractivity contribution in [3.05, 3.63) is 89.7 Å². The summed E-state index contributed by atoms with van der Waals surface area (Å²) >= 11 is 0. The molecule has 1 atom stereocenters. The first-order valence-electron chi connectivity index (χ1n) is 12.4. The van der Waals surface area contributed by atoms with Crippen LogP contribution in [0.2, 0.25) is 0 Å². The van der Waals surface area contributed by atoms with Crippen molar-refractivity contribution in [2.45, 2.75) is 19.4 Å². The molecule has 2 aliphatic rings. The predicted octanol–water partition coefficient (Wildman–Crippen LogP) is 3.91. The molecule has 0 radical (unpaired) electrons. The summed E-state index contributed by atoms with van der Waals surface area (Å²) in [4.78, 5) is 44.2. The fourth-order valence-electron chi connectivity index (χ4n) is 4.93. The van der Waals surface area contributed by atoms with Gasteiger partial charge in [-0.1, -0.05) is 6.07 Å². The third-order valence-electron chi connectivity index (χ3n) is 6.87. The summed E-state index contributed by atoms with van der Waals surface area (Å²) in [5.74, 6) is -0.304. The molecule has 1 unspecified atom stereocenters. The Morgan fingerprint density at radius 2 is 1.54 bits per heavy atom. The highest BCUT2D eigenvalue weighted by Crippen LogP contribution is 2.29. The van der Waals surface area contributed by atoms with Gasteiger partial charge in [0.05, 0.1) is 24.8 Å². The van der Waals surface area contributed by atoms with Crippen molar-refractivity contribution in [3.8, 4) is 5.75 Å². The van der Waals surface area contributed by atoms with Crippen LogP contribution >= 0.6 is 0 Å². The largest absolute Gasteiger partial charge is 0.494 e. The number of piperazine rings is 1. The number of ketones is 1. The average Bonchev–Trinajstić information content (AvgIpc) is 3.23. The molecule has 0 saturated carbocycles. The molecule has 3 aromatic rings. The van der Waals surface area contributed by atoms with Crippen LogP contribution in [0.4, 0.5) is 15.8 Å². The minimum absolute atomic E-state index is 0.155. The van der Waals surface area contributed by atoms with Crippen LogP contribution in [-0.2, 0) is 9.59 Å². The van der Waals surface area contributed by atoms with Crippen molar-refractivity contribution in [1.29, 1.82) is 0 Å². The van der Waals surface area contributed by atoms with E-state index in [1.807, 2.05) is 19.1 Å². The van der Waals surface area contributed by atoms with Gasteiger partial charge in [-0.05, 0) is 67.6 Å². The second-order valence-corrected chi connectivity index (χ2v) is 9.12. The van der Waals surface area contributed by atoms with E-state index in [0.717, 1.165) is 5.69 Å². The first-order valence-corrected chi connectivity index (χ1v) is 12.4. The van der Waals surface area contributed by atoms with Crippen LogP contribution in [0, 0.1) is 5.82 Å². The van der Waals surface area contributed by atoms with E-state index in [9.17, 15) is 18.8 Å². The number of carbonyl (C=O) groups excluding carboxylic acids is 3. The summed E-state index contributed by atoms with van der Waals surface area (Å²) in [7, 11) is 0. The summed E-state index contributed by atoms with van der Waals surface area (Å²) in [6.07, 6.45) is 0.165. The lowest BCUT2D eigenvalue weighted by Gasteiger charge is -2.38. The van der Waals surface area contributed by atoms with Gasteiger partial charge in [0.25, 0.3) is 5.91 Å². The smallest absolute Gasteiger partial charge is 0.251 e. The molecule has 2 aliphatic heterocycles. The molecule has 3 aromatic carbocycles. The lowest BCUT2D eigenvalue weighted by Crippen LogP contribution is -2.52. The fraction of sp³-hybridized carbons (Fsp3) is 0.276. The number of amides is 2. The number of ether oxygens (including phenoxy) is 1. The van der Waals surface area contributed by atoms with Crippen molar-refractivity contribution >= 4 is 29.0 Å². The molecule has 190 valence electrons. The Hall–Kier alpha value is -4.04. The number of imide groups is 1. The quantitative estimate of drug-likeness (QED) is 0.361. The summed E-state index contributed by atoms with van der Waals surface area (Å²) in [6, 6.07) is 19.5. The maximum atomic E-state index is 13.2. The molecule has 0 bridgehead atoms. The Morgan fingerprint density at radius 3 is 2.19 bits per heavy atom. The zero-order valence-electron chi connectivity index (χ0n) is 20.6. The topological polar surface area (TPSA) is 70.2 Å². The van der Waals surface area contributed by atoms with E-state index in [-0.39, 0.29) is 29.8 Å². The molecule has 7 nitrogen and oxygen atoms in total. The monoisotopic (exact) mass is 501 g/mol. The van der Waals surface area contributed by atoms with E-state index in [1.165, 1.54) is 29.2 Å². The number of benzene rings is 3. The number of carbonyl (C=O) groups is 3. The highest BCUT2D eigenvalue weighted by Gasteiger charge is 2.43. The van der Waals surface area contributed by atoms with Gasteiger partial charge >= 0.3 is 0 Å². The van der Waals surface area contributed by atoms with E-state index in [1.54, 1.807) is 36.4 Å². The van der Waals surface area contributed by atoms with Crippen LogP contribution in [0.5, 0.6) is 5.75 Å². The molecule has 5 rings (SSSR count). The molecular formula is C29H28FN3O4. The Labute approximate surface area is 215 Å². The maximum absolute atomic E-state index is 13.2. The van der Waals surface area contributed by atoms with Crippen LogP contribution < -0.4 is 14.5 Å². The van der Waals surface area contributed by atoms with Crippen molar-refractivity contribution in [3.63, 3.8) is 0 Å². The molecule has 2 amide bonds. The second kappa shape index (κ2) is 10.5. The number of halogens is 1. The maximum Gasteiger partial charge on any atom is 0.251 e. The van der Waals surface area contributed by atoms with Crippen LogP contribution in [0.3, 0.4) is 0 Å². The van der Waals surface area contributed by atoms with E-state index in [2.05, 4.69) is 9.80 Å². The van der Waals surface area contributed by atoms with Crippen LogP contribution in [-0.4, -0.2) is 61.3 Å². The number of anilines is 2. The zero-order valence-corrected chi connectivity index (χ0v) is 20.6. The molecule has 0 aliphatic carbocycles. The Kier molecular flexibility index (Phi) is 7.01. The van der Waals surface area contributed by atoms with E-state index >= 15 is 0 Å². The highest BCUT2D eigenvalue weighted by molar-refractivity contribution is 6.22. The lowest BCUT2D eigenvalue weighted by atomic mass is 10.0. The number of hydrogen-bond donors (Lipinski definition) is 0. The molecule has 2 saturated heterocycles. The highest BCUT2D eigenvalue weighted by atomic mass is 19.1. The van der Waals surface area contributed by atoms with Gasteiger partial charge in [-0.2, -0.15) is 0 Å². The summed E-state index contributed by atoms with van der Waals surface area (Å²) < 4.78 is 18.7. The van der Waals surface area contributed by atoms with Gasteiger partial charge in [-0.3, -0.25) is 19.3 Å². The van der Waals surface area contributed by atoms with Crippen LogP contribution in [0.1, 0.15) is 29.3 Å². The standard InChI is InChI=1S/C29H28FN3O4/c1-2-37-25-5-3-4-24(18-25)33-27(34)19-26(29(33)36)32-16-14-31(15-17-32)23-12-8-21(9-13-23)28(35)20-6-10-22(30)11-7-20/h3-13,18,26H,2,14-17,19H2,1H3. The number of hydrogen-bond acceptors (Lipinski definition) is 6. The predicted molar refractivity (Wildman–Crippen MR) is 139 cm³/mol. The van der Waals surface area contributed by atoms with Gasteiger partial charge in [0.2, 0.25) is 5.91 Å². The Morgan fingerprint density at radius 1 is 0.892 bits per heavy atom. The summed E-state index contributed by atoms with van der Waals surface area (Å²) in [5, 5.41) is 0. The fourth-order valence-corrected chi connectivity index (χ4v) is 4.93. The number of rotatable bonds is 7. The van der Waals surface area contributed by atoms with Crippen molar-refractivity contribution in [2.24, 2.45) is 0 Å². The normalized spacial score (nSPS) is 18.4. The number of nitrogens with zero attached hydrogens (tertiary/aromatic N) is 3. The molecule has 0 N–H and O–H groups in total. The molecule has 0 aromatic heterocycles. The Balaban J connectivity index is 1.20. The van der Waals surface area contributed by atoms with Gasteiger partial charge < -0.3 is 9.64 Å². The van der Waals surface area contributed by atoms with Gasteiger partial charge in [-0.25, -0.2) is 9.29 Å². The van der Waals surface area contributed by atoms with Crippen LogP contribution in [0.15, 0.2) is 72.8 Å². The van der Waals surface area contributed by atoms with E-state index in [4.69, 9.17) is 4.74 Å². The van der Waals surface area contributed by atoms with Crippen molar-refractivity contribution < 1.29 is 23.5 Å². The molecule has 37 heavy (non-hydrogen) atoms. The van der Waals surface area contributed by atoms with Crippen molar-refractivity contribution in [2.75, 3.05) is 42.6 Å². The van der Waals surface area contributed by atoms with Gasteiger partial charge in [0, 0.05) is 49.1 Å².